The predicted molar refractivity (Wildman–Crippen MR) is 82.6 cm³/mol. The summed E-state index contributed by atoms with van der Waals surface area (Å²) in [6, 6.07) is 6.93. The van der Waals surface area contributed by atoms with Crippen LogP contribution >= 0.6 is 15.9 Å². The van der Waals surface area contributed by atoms with Crippen molar-refractivity contribution < 1.29 is 15.0 Å². The van der Waals surface area contributed by atoms with E-state index in [-0.39, 0.29) is 0 Å². The van der Waals surface area contributed by atoms with Crippen LogP contribution < -0.4 is 5.32 Å². The van der Waals surface area contributed by atoms with Gasteiger partial charge in [0.2, 0.25) is 0 Å². The molecule has 0 spiro atoms. The summed E-state index contributed by atoms with van der Waals surface area (Å²) >= 11 is 3.35. The van der Waals surface area contributed by atoms with Crippen LogP contribution in [-0.2, 0) is 4.79 Å². The number of benzene rings is 1. The summed E-state index contributed by atoms with van der Waals surface area (Å²) in [5.74, 6) is -0.517. The Labute approximate surface area is 128 Å². The smallest absolute Gasteiger partial charge is 0.320 e. The number of carbonyl (C=O) groups is 1. The Morgan fingerprint density at radius 3 is 2.40 bits per heavy atom. The number of aliphatic carboxylic acids is 1. The van der Waals surface area contributed by atoms with Crippen LogP contribution in [0.4, 0.5) is 0 Å². The zero-order valence-corrected chi connectivity index (χ0v) is 13.4. The largest absolute Gasteiger partial charge is 0.480 e. The second-order valence-electron chi connectivity index (χ2n) is 5.33. The fourth-order valence-electron chi connectivity index (χ4n) is 1.99. The molecule has 0 bridgehead atoms. The molecular formula is C15H22BrNO3. The molecule has 0 amide bonds. The molecule has 0 saturated carbocycles. The third-order valence-corrected chi connectivity index (χ3v) is 3.60. The number of carboxylic acids is 1. The van der Waals surface area contributed by atoms with Crippen molar-refractivity contribution >= 4 is 21.9 Å². The van der Waals surface area contributed by atoms with Gasteiger partial charge in [-0.2, -0.15) is 0 Å². The van der Waals surface area contributed by atoms with Crippen LogP contribution in [0.3, 0.4) is 0 Å². The highest BCUT2D eigenvalue weighted by molar-refractivity contribution is 9.10. The fourth-order valence-corrected chi connectivity index (χ4v) is 2.25. The summed E-state index contributed by atoms with van der Waals surface area (Å²) in [7, 11) is 0. The SMILES string of the molecule is CC(C)CC(NCCC(O)c1ccc(Br)cc1)C(=O)O. The second-order valence-corrected chi connectivity index (χ2v) is 6.25. The van der Waals surface area contributed by atoms with E-state index in [1.165, 1.54) is 0 Å². The number of nitrogens with one attached hydrogen (secondary N) is 1. The van der Waals surface area contributed by atoms with Gasteiger partial charge in [0.25, 0.3) is 0 Å². The van der Waals surface area contributed by atoms with Crippen LogP contribution in [0.5, 0.6) is 0 Å². The Hall–Kier alpha value is -0.910. The number of hydrogen-bond acceptors (Lipinski definition) is 3. The minimum atomic E-state index is -0.836. The van der Waals surface area contributed by atoms with Gasteiger partial charge in [-0.05, 0) is 43.0 Å². The zero-order valence-electron chi connectivity index (χ0n) is 11.8. The normalized spacial score (nSPS) is 14.2. The molecule has 0 aliphatic rings. The van der Waals surface area contributed by atoms with Crippen molar-refractivity contribution in [1.82, 2.24) is 5.32 Å². The highest BCUT2D eigenvalue weighted by Crippen LogP contribution is 2.19. The molecule has 0 heterocycles. The second kappa shape index (κ2) is 8.39. The van der Waals surface area contributed by atoms with Gasteiger partial charge in [0.1, 0.15) is 6.04 Å². The number of halogens is 1. The molecule has 3 N–H and O–H groups in total. The molecule has 0 saturated heterocycles. The van der Waals surface area contributed by atoms with E-state index in [2.05, 4.69) is 21.2 Å². The molecule has 0 aliphatic heterocycles. The minimum Gasteiger partial charge on any atom is -0.480 e. The highest BCUT2D eigenvalue weighted by atomic mass is 79.9. The summed E-state index contributed by atoms with van der Waals surface area (Å²) in [4.78, 5) is 11.1. The molecule has 1 aromatic carbocycles. The van der Waals surface area contributed by atoms with Crippen molar-refractivity contribution in [3.05, 3.63) is 34.3 Å². The van der Waals surface area contributed by atoms with Crippen LogP contribution in [-0.4, -0.2) is 28.8 Å². The molecule has 1 rings (SSSR count). The monoisotopic (exact) mass is 343 g/mol. The lowest BCUT2D eigenvalue weighted by atomic mass is 10.0. The summed E-state index contributed by atoms with van der Waals surface area (Å²) in [6.07, 6.45) is 0.497. The molecule has 20 heavy (non-hydrogen) atoms. The Bertz CT molecular complexity index is 420. The first-order valence-corrected chi connectivity index (χ1v) is 7.59. The molecule has 0 radical (unpaired) electrons. The van der Waals surface area contributed by atoms with Gasteiger partial charge < -0.3 is 15.5 Å². The van der Waals surface area contributed by atoms with E-state index in [1.807, 2.05) is 38.1 Å². The van der Waals surface area contributed by atoms with Crippen molar-refractivity contribution in [1.29, 1.82) is 0 Å². The van der Waals surface area contributed by atoms with Gasteiger partial charge in [-0.25, -0.2) is 0 Å². The average Bonchev–Trinajstić information content (AvgIpc) is 2.37. The van der Waals surface area contributed by atoms with Crippen molar-refractivity contribution in [2.45, 2.75) is 38.8 Å². The first-order chi connectivity index (χ1) is 9.40. The lowest BCUT2D eigenvalue weighted by molar-refractivity contribution is -0.139. The van der Waals surface area contributed by atoms with Crippen molar-refractivity contribution in [2.75, 3.05) is 6.54 Å². The molecule has 0 aliphatic carbocycles. The van der Waals surface area contributed by atoms with Gasteiger partial charge in [0.05, 0.1) is 6.10 Å². The van der Waals surface area contributed by atoms with Crippen molar-refractivity contribution in [3.63, 3.8) is 0 Å². The third-order valence-electron chi connectivity index (χ3n) is 3.07. The van der Waals surface area contributed by atoms with Gasteiger partial charge in [-0.15, -0.1) is 0 Å². The maximum absolute atomic E-state index is 11.1. The topological polar surface area (TPSA) is 69.6 Å². The van der Waals surface area contributed by atoms with E-state index in [0.717, 1.165) is 10.0 Å². The quantitative estimate of drug-likeness (QED) is 0.678. The standard InChI is InChI=1S/C15H22BrNO3/c1-10(2)9-13(15(19)20)17-8-7-14(18)11-3-5-12(16)6-4-11/h3-6,10,13-14,17-18H,7-9H2,1-2H3,(H,19,20). The summed E-state index contributed by atoms with van der Waals surface area (Å²) in [5.41, 5.74) is 0.839. The lowest BCUT2D eigenvalue weighted by Gasteiger charge is -2.18. The van der Waals surface area contributed by atoms with E-state index in [0.29, 0.717) is 25.3 Å². The van der Waals surface area contributed by atoms with E-state index < -0.39 is 18.1 Å². The molecule has 1 aromatic rings. The van der Waals surface area contributed by atoms with E-state index in [9.17, 15) is 9.90 Å². The zero-order chi connectivity index (χ0) is 15.1. The maximum atomic E-state index is 11.1. The number of aliphatic hydroxyl groups is 1. The first kappa shape index (κ1) is 17.1. The predicted octanol–water partition coefficient (Wildman–Crippen LogP) is 2.96. The number of carboxylic acid groups (broad SMARTS) is 1. The minimum absolute atomic E-state index is 0.319. The van der Waals surface area contributed by atoms with Gasteiger partial charge in [-0.3, -0.25) is 4.79 Å². The van der Waals surface area contributed by atoms with Crippen LogP contribution in [0.2, 0.25) is 0 Å². The summed E-state index contributed by atoms with van der Waals surface area (Å²) < 4.78 is 0.967. The molecular weight excluding hydrogens is 322 g/mol. The van der Waals surface area contributed by atoms with Crippen LogP contribution in [0.1, 0.15) is 38.4 Å². The van der Waals surface area contributed by atoms with Crippen LogP contribution in [0, 0.1) is 5.92 Å². The molecule has 5 heteroatoms. The molecule has 2 atom stereocenters. The van der Waals surface area contributed by atoms with E-state index in [4.69, 9.17) is 5.11 Å². The van der Waals surface area contributed by atoms with Gasteiger partial charge in [0.15, 0.2) is 0 Å². The molecule has 0 aromatic heterocycles. The molecule has 0 fully saturated rings. The maximum Gasteiger partial charge on any atom is 0.320 e. The van der Waals surface area contributed by atoms with Crippen LogP contribution in [0.25, 0.3) is 0 Å². The number of rotatable bonds is 8. The average molecular weight is 344 g/mol. The van der Waals surface area contributed by atoms with E-state index in [1.54, 1.807) is 0 Å². The van der Waals surface area contributed by atoms with Gasteiger partial charge in [0, 0.05) is 4.47 Å². The van der Waals surface area contributed by atoms with E-state index >= 15 is 0 Å². The Morgan fingerprint density at radius 2 is 1.90 bits per heavy atom. The number of aliphatic hydroxyl groups excluding tert-OH is 1. The Balaban J connectivity index is 2.42. The summed E-state index contributed by atoms with van der Waals surface area (Å²) in [5, 5.41) is 22.1. The Kier molecular flexibility index (Phi) is 7.19. The Morgan fingerprint density at radius 1 is 1.30 bits per heavy atom. The van der Waals surface area contributed by atoms with Crippen LogP contribution in [0.15, 0.2) is 28.7 Å². The fraction of sp³-hybridized carbons (Fsp3) is 0.533. The van der Waals surface area contributed by atoms with Gasteiger partial charge in [-0.1, -0.05) is 41.9 Å². The van der Waals surface area contributed by atoms with Crippen molar-refractivity contribution in [3.8, 4) is 0 Å². The molecule has 112 valence electrons. The molecule has 2 unspecified atom stereocenters. The van der Waals surface area contributed by atoms with Gasteiger partial charge >= 0.3 is 5.97 Å². The van der Waals surface area contributed by atoms with Crippen molar-refractivity contribution in [2.24, 2.45) is 5.92 Å². The first-order valence-electron chi connectivity index (χ1n) is 6.80. The lowest BCUT2D eigenvalue weighted by Crippen LogP contribution is -2.38. The highest BCUT2D eigenvalue weighted by Gasteiger charge is 2.18. The molecule has 4 nitrogen and oxygen atoms in total. The third kappa shape index (κ3) is 6.03. The summed E-state index contributed by atoms with van der Waals surface area (Å²) in [6.45, 7) is 4.46. The number of hydrogen-bond donors (Lipinski definition) is 3.